The van der Waals surface area contributed by atoms with E-state index in [1.54, 1.807) is 0 Å². The van der Waals surface area contributed by atoms with Gasteiger partial charge in [-0.2, -0.15) is 0 Å². The molecule has 0 aliphatic heterocycles. The predicted octanol–water partition coefficient (Wildman–Crippen LogP) is 2.20. The lowest BCUT2D eigenvalue weighted by molar-refractivity contribution is -0.119. The number of nitrogens with one attached hydrogen (secondary N) is 1. The van der Waals surface area contributed by atoms with Gasteiger partial charge in [0, 0.05) is 11.1 Å². The van der Waals surface area contributed by atoms with Gasteiger partial charge in [0.05, 0.1) is 24.9 Å². The average molecular weight is 434 g/mol. The molecule has 1 amide bonds. The van der Waals surface area contributed by atoms with E-state index in [1.165, 1.54) is 50.6 Å². The largest absolute Gasteiger partial charge is 0.497 e. The Hall–Kier alpha value is -2.20. The Morgan fingerprint density at radius 1 is 1.15 bits per heavy atom. The van der Waals surface area contributed by atoms with Gasteiger partial charge in [-0.05, 0) is 30.3 Å². The topological polar surface area (TPSA) is 111 Å². The lowest BCUT2D eigenvalue weighted by atomic mass is 10.2. The third kappa shape index (κ3) is 4.56. The van der Waals surface area contributed by atoms with E-state index in [1.807, 2.05) is 5.43 Å². The Kier molecular flexibility index (Phi) is 6.77. The molecule has 0 saturated carbocycles. The van der Waals surface area contributed by atoms with Crippen LogP contribution < -0.4 is 25.0 Å². The predicted molar refractivity (Wildman–Crippen MR) is 103 cm³/mol. The summed E-state index contributed by atoms with van der Waals surface area (Å²) >= 11 is 12.0. The molecule has 0 fully saturated rings. The van der Waals surface area contributed by atoms with E-state index in [-0.39, 0.29) is 26.4 Å². The smallest absolute Gasteiger partial charge is 0.266 e. The highest BCUT2D eigenvalue weighted by molar-refractivity contribution is 7.93. The number of anilines is 1. The highest BCUT2D eigenvalue weighted by Crippen LogP contribution is 2.37. The summed E-state index contributed by atoms with van der Waals surface area (Å²) in [5.41, 5.74) is 2.00. The molecule has 0 saturated heterocycles. The van der Waals surface area contributed by atoms with Gasteiger partial charge in [-0.1, -0.05) is 23.2 Å². The van der Waals surface area contributed by atoms with Crippen LogP contribution in [0.15, 0.2) is 41.3 Å². The average Bonchev–Trinajstić information content (AvgIpc) is 2.66. The maximum absolute atomic E-state index is 13.3. The molecule has 0 atom stereocenters. The normalized spacial score (nSPS) is 11.0. The van der Waals surface area contributed by atoms with Crippen molar-refractivity contribution in [1.82, 2.24) is 5.43 Å². The first-order chi connectivity index (χ1) is 12.7. The lowest BCUT2D eigenvalue weighted by Gasteiger charge is -2.26. The standard InChI is InChI=1S/C16H17Cl2N3O5S/c1-25-11-4-6-13(14(8-11)26-2)21(9-16(22)20-19)27(23,24)15-7-10(17)3-5-12(15)18/h3-8H,9,19H2,1-2H3,(H,20,22). The third-order valence-electron chi connectivity index (χ3n) is 3.57. The summed E-state index contributed by atoms with van der Waals surface area (Å²) in [4.78, 5) is 11.6. The van der Waals surface area contributed by atoms with Crippen LogP contribution in [0.4, 0.5) is 5.69 Å². The second-order valence-corrected chi connectivity index (χ2v) is 7.87. The first-order valence-electron chi connectivity index (χ1n) is 7.43. The molecule has 0 unspecified atom stereocenters. The van der Waals surface area contributed by atoms with Crippen LogP contribution in [0.2, 0.25) is 10.0 Å². The summed E-state index contributed by atoms with van der Waals surface area (Å²) < 4.78 is 37.7. The highest BCUT2D eigenvalue weighted by Gasteiger charge is 2.31. The number of benzene rings is 2. The highest BCUT2D eigenvalue weighted by atomic mass is 35.5. The fourth-order valence-corrected chi connectivity index (χ4v) is 4.43. The van der Waals surface area contributed by atoms with Crippen LogP contribution >= 0.6 is 23.2 Å². The number of hydrazine groups is 1. The maximum atomic E-state index is 13.3. The number of carbonyl (C=O) groups excluding carboxylic acids is 1. The van der Waals surface area contributed by atoms with Gasteiger partial charge in [0.15, 0.2) is 0 Å². The van der Waals surface area contributed by atoms with Crippen molar-refractivity contribution in [3.05, 3.63) is 46.4 Å². The number of carbonyl (C=O) groups is 1. The van der Waals surface area contributed by atoms with Crippen molar-refractivity contribution in [2.24, 2.45) is 5.84 Å². The van der Waals surface area contributed by atoms with Crippen LogP contribution in [-0.2, 0) is 14.8 Å². The molecule has 0 aliphatic rings. The summed E-state index contributed by atoms with van der Waals surface area (Å²) in [7, 11) is -1.47. The Labute approximate surface area is 166 Å². The Bertz CT molecular complexity index is 953. The number of rotatable bonds is 7. The number of amides is 1. The molecular weight excluding hydrogens is 417 g/mol. The van der Waals surface area contributed by atoms with E-state index in [4.69, 9.17) is 38.5 Å². The van der Waals surface area contributed by atoms with Crippen molar-refractivity contribution in [1.29, 1.82) is 0 Å². The van der Waals surface area contributed by atoms with Gasteiger partial charge in [0.1, 0.15) is 22.9 Å². The summed E-state index contributed by atoms with van der Waals surface area (Å²) in [6.07, 6.45) is 0. The molecule has 2 aromatic rings. The quantitative estimate of drug-likeness (QED) is 0.393. The minimum absolute atomic E-state index is 0.0509. The van der Waals surface area contributed by atoms with Gasteiger partial charge in [0.2, 0.25) is 0 Å². The van der Waals surface area contributed by atoms with Gasteiger partial charge in [0.25, 0.3) is 15.9 Å². The first-order valence-corrected chi connectivity index (χ1v) is 9.63. The molecular formula is C16H17Cl2N3O5S. The van der Waals surface area contributed by atoms with Crippen molar-refractivity contribution in [3.8, 4) is 11.5 Å². The van der Waals surface area contributed by atoms with Gasteiger partial charge in [-0.15, -0.1) is 0 Å². The Morgan fingerprint density at radius 2 is 1.85 bits per heavy atom. The zero-order chi connectivity index (χ0) is 20.2. The molecule has 0 spiro atoms. The zero-order valence-corrected chi connectivity index (χ0v) is 16.7. The number of nitrogens with two attached hydrogens (primary N) is 1. The van der Waals surface area contributed by atoms with Crippen LogP contribution in [-0.4, -0.2) is 35.1 Å². The first kappa shape index (κ1) is 21.1. The molecule has 0 aromatic heterocycles. The molecule has 0 bridgehead atoms. The number of methoxy groups -OCH3 is 2. The lowest BCUT2D eigenvalue weighted by Crippen LogP contribution is -2.43. The summed E-state index contributed by atoms with van der Waals surface area (Å²) in [6, 6.07) is 8.45. The van der Waals surface area contributed by atoms with E-state index < -0.39 is 22.5 Å². The van der Waals surface area contributed by atoms with Crippen LogP contribution in [0.25, 0.3) is 0 Å². The summed E-state index contributed by atoms with van der Waals surface area (Å²) in [5, 5.41) is 0.118. The molecule has 2 rings (SSSR count). The van der Waals surface area contributed by atoms with Crippen molar-refractivity contribution < 1.29 is 22.7 Å². The number of hydrogen-bond donors (Lipinski definition) is 2. The van der Waals surface area contributed by atoms with Crippen molar-refractivity contribution >= 4 is 44.8 Å². The number of sulfonamides is 1. The Morgan fingerprint density at radius 3 is 2.44 bits per heavy atom. The van der Waals surface area contributed by atoms with E-state index >= 15 is 0 Å². The van der Waals surface area contributed by atoms with E-state index in [0.717, 1.165) is 4.31 Å². The zero-order valence-electron chi connectivity index (χ0n) is 14.4. The molecule has 2 aromatic carbocycles. The van der Waals surface area contributed by atoms with Crippen molar-refractivity contribution in [2.45, 2.75) is 4.90 Å². The second kappa shape index (κ2) is 8.66. The molecule has 8 nitrogen and oxygen atoms in total. The van der Waals surface area contributed by atoms with Gasteiger partial charge in [-0.25, -0.2) is 14.3 Å². The molecule has 146 valence electrons. The van der Waals surface area contributed by atoms with Crippen molar-refractivity contribution in [3.63, 3.8) is 0 Å². The van der Waals surface area contributed by atoms with E-state index in [9.17, 15) is 13.2 Å². The fourth-order valence-electron chi connectivity index (χ4n) is 2.26. The van der Waals surface area contributed by atoms with Crippen LogP contribution in [0, 0.1) is 0 Å². The monoisotopic (exact) mass is 433 g/mol. The minimum Gasteiger partial charge on any atom is -0.497 e. The third-order valence-corrected chi connectivity index (χ3v) is 6.04. The molecule has 3 N–H and O–H groups in total. The van der Waals surface area contributed by atoms with Crippen LogP contribution in [0.3, 0.4) is 0 Å². The molecule has 27 heavy (non-hydrogen) atoms. The number of nitrogens with zero attached hydrogens (tertiary/aromatic N) is 1. The molecule has 0 radical (unpaired) electrons. The molecule has 11 heteroatoms. The Balaban J connectivity index is 2.68. The van der Waals surface area contributed by atoms with Gasteiger partial charge in [-0.3, -0.25) is 14.5 Å². The molecule has 0 aliphatic carbocycles. The maximum Gasteiger partial charge on any atom is 0.266 e. The molecule has 0 heterocycles. The second-order valence-electron chi connectivity index (χ2n) is 5.19. The van der Waals surface area contributed by atoms with Crippen LogP contribution in [0.1, 0.15) is 0 Å². The van der Waals surface area contributed by atoms with Gasteiger partial charge < -0.3 is 9.47 Å². The summed E-state index contributed by atoms with van der Waals surface area (Å²) in [6.45, 7) is -0.607. The van der Waals surface area contributed by atoms with Crippen molar-refractivity contribution in [2.75, 3.05) is 25.1 Å². The fraction of sp³-hybridized carbons (Fsp3) is 0.188. The summed E-state index contributed by atoms with van der Waals surface area (Å²) in [5.74, 6) is 5.00. The number of ether oxygens (including phenoxy) is 2. The van der Waals surface area contributed by atoms with E-state index in [2.05, 4.69) is 0 Å². The SMILES string of the molecule is COc1ccc(N(CC(=O)NN)S(=O)(=O)c2cc(Cl)ccc2Cl)c(OC)c1. The van der Waals surface area contributed by atoms with Gasteiger partial charge >= 0.3 is 0 Å². The number of hydrogen-bond acceptors (Lipinski definition) is 6. The minimum atomic E-state index is -4.28. The van der Waals surface area contributed by atoms with Crippen LogP contribution in [0.5, 0.6) is 11.5 Å². The number of halogens is 2. The van der Waals surface area contributed by atoms with E-state index in [0.29, 0.717) is 5.75 Å².